The van der Waals surface area contributed by atoms with Crippen LogP contribution in [0.15, 0.2) is 23.2 Å². The van der Waals surface area contributed by atoms with Crippen molar-refractivity contribution in [1.29, 1.82) is 0 Å². The summed E-state index contributed by atoms with van der Waals surface area (Å²) in [5.74, 6) is 1.21. The zero-order valence-corrected chi connectivity index (χ0v) is 17.2. The standard InChI is InChI=1S/C19H28N6OS/c1-5-20-19(22-12-10-18-24-14(3)15(4)27-18)21-11-9-17(26)25-16-8-6-7-13(2)23-16/h6-8H,5,9-12H2,1-4H3,(H2,20,21,22)(H,23,25,26). The van der Waals surface area contributed by atoms with E-state index < -0.39 is 0 Å². The number of carbonyl (C=O) groups is 1. The molecule has 8 heteroatoms. The number of aliphatic imine (C=N–C) groups is 1. The molecule has 0 saturated carbocycles. The van der Waals surface area contributed by atoms with Crippen LogP contribution in [-0.2, 0) is 11.2 Å². The number of carbonyl (C=O) groups excluding carboxylic acids is 1. The molecule has 146 valence electrons. The van der Waals surface area contributed by atoms with E-state index in [1.807, 2.05) is 32.9 Å². The van der Waals surface area contributed by atoms with Crippen molar-refractivity contribution in [2.45, 2.75) is 40.5 Å². The molecule has 0 atom stereocenters. The largest absolute Gasteiger partial charge is 0.357 e. The average Bonchev–Trinajstić information content (AvgIpc) is 2.92. The molecule has 0 fully saturated rings. The molecule has 0 aliphatic carbocycles. The lowest BCUT2D eigenvalue weighted by Crippen LogP contribution is -2.38. The van der Waals surface area contributed by atoms with E-state index in [0.717, 1.165) is 29.4 Å². The number of hydrogen-bond acceptors (Lipinski definition) is 5. The van der Waals surface area contributed by atoms with Crippen LogP contribution in [0.5, 0.6) is 0 Å². The summed E-state index contributed by atoms with van der Waals surface area (Å²) >= 11 is 1.72. The van der Waals surface area contributed by atoms with E-state index in [0.29, 0.717) is 31.3 Å². The summed E-state index contributed by atoms with van der Waals surface area (Å²) in [6.45, 7) is 9.94. The van der Waals surface area contributed by atoms with Crippen molar-refractivity contribution in [3.05, 3.63) is 39.5 Å². The van der Waals surface area contributed by atoms with Crippen molar-refractivity contribution in [1.82, 2.24) is 20.6 Å². The second-order valence-corrected chi connectivity index (χ2v) is 7.44. The Morgan fingerprint density at radius 1 is 1.19 bits per heavy atom. The normalized spacial score (nSPS) is 11.3. The van der Waals surface area contributed by atoms with Crippen molar-refractivity contribution in [3.8, 4) is 0 Å². The number of rotatable bonds is 8. The van der Waals surface area contributed by atoms with E-state index in [1.54, 1.807) is 17.4 Å². The molecule has 2 heterocycles. The molecule has 0 bridgehead atoms. The lowest BCUT2D eigenvalue weighted by molar-refractivity contribution is -0.116. The number of amides is 1. The van der Waals surface area contributed by atoms with Crippen LogP contribution in [0.3, 0.4) is 0 Å². The Labute approximate surface area is 164 Å². The van der Waals surface area contributed by atoms with Crippen LogP contribution in [0.1, 0.15) is 34.6 Å². The van der Waals surface area contributed by atoms with Crippen LogP contribution in [0.25, 0.3) is 0 Å². The van der Waals surface area contributed by atoms with Gasteiger partial charge in [0.2, 0.25) is 5.91 Å². The third-order valence-corrected chi connectivity index (χ3v) is 4.95. The van der Waals surface area contributed by atoms with Gasteiger partial charge in [0.15, 0.2) is 5.96 Å². The molecule has 0 spiro atoms. The lowest BCUT2D eigenvalue weighted by atomic mass is 10.3. The Bertz CT molecular complexity index is 767. The molecule has 0 saturated heterocycles. The number of anilines is 1. The van der Waals surface area contributed by atoms with Gasteiger partial charge in [-0.3, -0.25) is 9.79 Å². The summed E-state index contributed by atoms with van der Waals surface area (Å²) in [7, 11) is 0. The number of hydrogen-bond donors (Lipinski definition) is 3. The average molecular weight is 389 g/mol. The Balaban J connectivity index is 1.76. The topological polar surface area (TPSA) is 91.3 Å². The van der Waals surface area contributed by atoms with Crippen LogP contribution in [0, 0.1) is 20.8 Å². The van der Waals surface area contributed by atoms with Crippen LogP contribution >= 0.6 is 11.3 Å². The second-order valence-electron chi connectivity index (χ2n) is 6.15. The van der Waals surface area contributed by atoms with Crippen LogP contribution in [0.4, 0.5) is 5.82 Å². The molecule has 7 nitrogen and oxygen atoms in total. The summed E-state index contributed by atoms with van der Waals surface area (Å²) in [5.41, 5.74) is 1.97. The molecule has 0 aliphatic rings. The first kappa shape index (κ1) is 20.8. The van der Waals surface area contributed by atoms with Gasteiger partial charge in [-0.2, -0.15) is 0 Å². The molecule has 2 aromatic rings. The van der Waals surface area contributed by atoms with E-state index in [9.17, 15) is 4.79 Å². The molecular weight excluding hydrogens is 360 g/mol. The summed E-state index contributed by atoms with van der Waals surface area (Å²) in [4.78, 5) is 26.7. The molecule has 0 unspecified atom stereocenters. The van der Waals surface area contributed by atoms with Gasteiger partial charge >= 0.3 is 0 Å². The monoisotopic (exact) mass is 388 g/mol. The quantitative estimate of drug-likeness (QED) is 0.478. The minimum atomic E-state index is -0.0785. The fourth-order valence-electron chi connectivity index (χ4n) is 2.36. The minimum absolute atomic E-state index is 0.0785. The first-order valence-corrected chi connectivity index (χ1v) is 9.98. The number of thiazole rings is 1. The van der Waals surface area contributed by atoms with Gasteiger partial charge in [-0.1, -0.05) is 6.07 Å². The second kappa shape index (κ2) is 10.6. The molecule has 0 radical (unpaired) electrons. The van der Waals surface area contributed by atoms with Gasteiger partial charge in [0.25, 0.3) is 0 Å². The fraction of sp³-hybridized carbons (Fsp3) is 0.474. The number of nitrogens with one attached hydrogen (secondary N) is 3. The van der Waals surface area contributed by atoms with E-state index in [4.69, 9.17) is 0 Å². The maximum absolute atomic E-state index is 12.0. The Kier molecular flexibility index (Phi) is 8.19. The number of guanidine groups is 1. The van der Waals surface area contributed by atoms with Gasteiger partial charge in [-0.25, -0.2) is 9.97 Å². The van der Waals surface area contributed by atoms with Gasteiger partial charge in [-0.15, -0.1) is 11.3 Å². The Morgan fingerprint density at radius 2 is 2.00 bits per heavy atom. The highest BCUT2D eigenvalue weighted by Gasteiger charge is 2.06. The predicted octanol–water partition coefficient (Wildman–Crippen LogP) is 2.59. The van der Waals surface area contributed by atoms with Gasteiger partial charge in [0, 0.05) is 43.0 Å². The SMILES string of the molecule is CCNC(=NCCc1nc(C)c(C)s1)NCCC(=O)Nc1cccc(C)n1. The number of aryl methyl sites for hydroxylation is 3. The van der Waals surface area contributed by atoms with Gasteiger partial charge in [0.1, 0.15) is 5.82 Å². The summed E-state index contributed by atoms with van der Waals surface area (Å²) in [6.07, 6.45) is 1.15. The highest BCUT2D eigenvalue weighted by Crippen LogP contribution is 2.16. The highest BCUT2D eigenvalue weighted by molar-refractivity contribution is 7.11. The zero-order valence-electron chi connectivity index (χ0n) is 16.4. The molecule has 0 aromatic carbocycles. The van der Waals surface area contributed by atoms with Crippen molar-refractivity contribution in [2.24, 2.45) is 4.99 Å². The van der Waals surface area contributed by atoms with Crippen LogP contribution < -0.4 is 16.0 Å². The van der Waals surface area contributed by atoms with E-state index >= 15 is 0 Å². The van der Waals surface area contributed by atoms with E-state index in [2.05, 4.69) is 37.8 Å². The first-order chi connectivity index (χ1) is 13.0. The summed E-state index contributed by atoms with van der Waals surface area (Å²) in [5, 5.41) is 10.3. The fourth-order valence-corrected chi connectivity index (χ4v) is 3.29. The first-order valence-electron chi connectivity index (χ1n) is 9.16. The molecular formula is C19H28N6OS. The summed E-state index contributed by atoms with van der Waals surface area (Å²) in [6, 6.07) is 5.55. The number of aromatic nitrogens is 2. The van der Waals surface area contributed by atoms with Gasteiger partial charge < -0.3 is 16.0 Å². The molecule has 3 N–H and O–H groups in total. The zero-order chi connectivity index (χ0) is 19.6. The van der Waals surface area contributed by atoms with Crippen molar-refractivity contribution < 1.29 is 4.79 Å². The maximum atomic E-state index is 12.0. The Hall–Kier alpha value is -2.48. The maximum Gasteiger partial charge on any atom is 0.227 e. The lowest BCUT2D eigenvalue weighted by Gasteiger charge is -2.11. The van der Waals surface area contributed by atoms with E-state index in [-0.39, 0.29) is 5.91 Å². The number of nitrogens with zero attached hydrogens (tertiary/aromatic N) is 3. The van der Waals surface area contributed by atoms with Crippen LogP contribution in [-0.4, -0.2) is 41.5 Å². The smallest absolute Gasteiger partial charge is 0.227 e. The third kappa shape index (κ3) is 7.34. The summed E-state index contributed by atoms with van der Waals surface area (Å²) < 4.78 is 0. The van der Waals surface area contributed by atoms with Crippen molar-refractivity contribution in [3.63, 3.8) is 0 Å². The van der Waals surface area contributed by atoms with Gasteiger partial charge in [0.05, 0.1) is 10.7 Å². The molecule has 0 aliphatic heterocycles. The molecule has 2 rings (SSSR count). The third-order valence-electron chi connectivity index (χ3n) is 3.81. The molecule has 27 heavy (non-hydrogen) atoms. The van der Waals surface area contributed by atoms with E-state index in [1.165, 1.54) is 4.88 Å². The highest BCUT2D eigenvalue weighted by atomic mass is 32.1. The Morgan fingerprint density at radius 3 is 2.67 bits per heavy atom. The molecule has 2 aromatic heterocycles. The van der Waals surface area contributed by atoms with Gasteiger partial charge in [-0.05, 0) is 39.8 Å². The van der Waals surface area contributed by atoms with Crippen LogP contribution in [0.2, 0.25) is 0 Å². The molecule has 1 amide bonds. The number of pyridine rings is 1. The van der Waals surface area contributed by atoms with Crippen molar-refractivity contribution in [2.75, 3.05) is 25.0 Å². The van der Waals surface area contributed by atoms with Crippen molar-refractivity contribution >= 4 is 29.0 Å². The minimum Gasteiger partial charge on any atom is -0.357 e. The predicted molar refractivity (Wildman–Crippen MR) is 111 cm³/mol.